The van der Waals surface area contributed by atoms with Crippen LogP contribution in [0.4, 0.5) is 5.69 Å². The fourth-order valence-corrected chi connectivity index (χ4v) is 5.47. The Morgan fingerprint density at radius 1 is 0.838 bits per heavy atom. The molecule has 3 aliphatic heterocycles. The molecule has 3 amide bonds. The van der Waals surface area contributed by atoms with Crippen LogP contribution in [-0.4, -0.2) is 80.1 Å². The third kappa shape index (κ3) is 3.73. The SMILES string of the molecule is COC(=O)[C@@H]1C[C@H](C(=O)OC)[C@H]([C@H]2[C@@H](N3C(=O)c4ccccc4C3=O)C(=O)N2c2ccc(OC)cc2)N1. The second-order valence-corrected chi connectivity index (χ2v) is 9.00. The van der Waals surface area contributed by atoms with Gasteiger partial charge in [0, 0.05) is 11.7 Å². The number of carbonyl (C=O) groups excluding carboxylic acids is 5. The van der Waals surface area contributed by atoms with Crippen molar-refractivity contribution in [3.8, 4) is 5.75 Å². The number of β-lactam (4-membered cyclic amide) rings is 1. The second-order valence-electron chi connectivity index (χ2n) is 9.00. The molecule has 11 heteroatoms. The highest BCUT2D eigenvalue weighted by molar-refractivity contribution is 6.24. The number of hydrogen-bond acceptors (Lipinski definition) is 9. The Kier molecular flexibility index (Phi) is 6.16. The number of ether oxygens (including phenoxy) is 3. The number of anilines is 1. The van der Waals surface area contributed by atoms with Crippen LogP contribution in [0, 0.1) is 5.92 Å². The lowest BCUT2D eigenvalue weighted by Gasteiger charge is -2.52. The van der Waals surface area contributed by atoms with Crippen molar-refractivity contribution in [3.63, 3.8) is 0 Å². The van der Waals surface area contributed by atoms with Gasteiger partial charge in [0.1, 0.15) is 17.8 Å². The number of carbonyl (C=O) groups is 5. The monoisotopic (exact) mass is 507 g/mol. The number of fused-ring (bicyclic) bond motifs is 1. The Morgan fingerprint density at radius 2 is 1.43 bits per heavy atom. The summed E-state index contributed by atoms with van der Waals surface area (Å²) >= 11 is 0. The van der Waals surface area contributed by atoms with Crippen LogP contribution in [-0.2, 0) is 23.9 Å². The highest BCUT2D eigenvalue weighted by atomic mass is 16.5. The lowest BCUT2D eigenvalue weighted by Crippen LogP contribution is -2.77. The number of hydrogen-bond donors (Lipinski definition) is 1. The van der Waals surface area contributed by atoms with Gasteiger partial charge in [-0.2, -0.15) is 0 Å². The largest absolute Gasteiger partial charge is 0.497 e. The van der Waals surface area contributed by atoms with Crippen LogP contribution in [0.5, 0.6) is 5.75 Å². The summed E-state index contributed by atoms with van der Waals surface area (Å²) in [4.78, 5) is 67.8. The molecule has 5 rings (SSSR count). The van der Waals surface area contributed by atoms with Crippen molar-refractivity contribution in [1.29, 1.82) is 0 Å². The van der Waals surface area contributed by atoms with Crippen molar-refractivity contribution in [1.82, 2.24) is 10.2 Å². The minimum absolute atomic E-state index is 0.0694. The number of rotatable bonds is 6. The first kappa shape index (κ1) is 24.4. The average molecular weight is 507 g/mol. The van der Waals surface area contributed by atoms with E-state index in [1.54, 1.807) is 36.4 Å². The van der Waals surface area contributed by atoms with Crippen molar-refractivity contribution in [2.45, 2.75) is 30.6 Å². The topological polar surface area (TPSA) is 132 Å². The summed E-state index contributed by atoms with van der Waals surface area (Å²) in [7, 11) is 3.99. The summed E-state index contributed by atoms with van der Waals surface area (Å²) in [6, 6.07) is 9.33. The van der Waals surface area contributed by atoms with Gasteiger partial charge in [0.25, 0.3) is 17.7 Å². The molecule has 192 valence electrons. The smallest absolute Gasteiger partial charge is 0.322 e. The summed E-state index contributed by atoms with van der Waals surface area (Å²) in [6.45, 7) is 0. The first-order valence-corrected chi connectivity index (χ1v) is 11.7. The predicted octanol–water partition coefficient (Wildman–Crippen LogP) is 0.768. The fourth-order valence-electron chi connectivity index (χ4n) is 5.47. The van der Waals surface area contributed by atoms with E-state index in [0.717, 1.165) is 4.90 Å². The maximum atomic E-state index is 13.6. The molecule has 2 aromatic carbocycles. The van der Waals surface area contributed by atoms with Gasteiger partial charge in [-0.25, -0.2) is 0 Å². The van der Waals surface area contributed by atoms with Gasteiger partial charge in [-0.1, -0.05) is 12.1 Å². The number of nitrogens with one attached hydrogen (secondary N) is 1. The van der Waals surface area contributed by atoms with E-state index in [1.807, 2.05) is 0 Å². The van der Waals surface area contributed by atoms with Gasteiger partial charge < -0.3 is 19.1 Å². The van der Waals surface area contributed by atoms with Crippen molar-refractivity contribution in [3.05, 3.63) is 59.7 Å². The van der Waals surface area contributed by atoms with E-state index in [-0.39, 0.29) is 17.5 Å². The lowest BCUT2D eigenvalue weighted by atomic mass is 9.81. The molecular formula is C26H25N3O8. The minimum atomic E-state index is -1.20. The van der Waals surface area contributed by atoms with Gasteiger partial charge in [0.15, 0.2) is 0 Å². The van der Waals surface area contributed by atoms with Gasteiger partial charge in [-0.3, -0.25) is 34.2 Å². The van der Waals surface area contributed by atoms with E-state index in [9.17, 15) is 24.0 Å². The average Bonchev–Trinajstić information content (AvgIpc) is 3.46. The van der Waals surface area contributed by atoms with Gasteiger partial charge in [-0.15, -0.1) is 0 Å². The van der Waals surface area contributed by atoms with E-state index < -0.39 is 59.7 Å². The molecule has 0 spiro atoms. The van der Waals surface area contributed by atoms with Crippen LogP contribution < -0.4 is 15.0 Å². The van der Waals surface area contributed by atoms with E-state index >= 15 is 0 Å². The zero-order valence-electron chi connectivity index (χ0n) is 20.4. The summed E-state index contributed by atoms with van der Waals surface area (Å²) in [5.74, 6) is -3.09. The van der Waals surface area contributed by atoms with Crippen molar-refractivity contribution < 1.29 is 38.2 Å². The molecule has 2 aromatic rings. The number of benzene rings is 2. The first-order chi connectivity index (χ1) is 17.8. The van der Waals surface area contributed by atoms with Crippen LogP contribution in [0.3, 0.4) is 0 Å². The van der Waals surface area contributed by atoms with E-state index in [4.69, 9.17) is 14.2 Å². The van der Waals surface area contributed by atoms with E-state index in [1.165, 1.54) is 38.4 Å². The van der Waals surface area contributed by atoms with Crippen LogP contribution in [0.1, 0.15) is 27.1 Å². The van der Waals surface area contributed by atoms with Crippen LogP contribution in [0.25, 0.3) is 0 Å². The summed E-state index contributed by atoms with van der Waals surface area (Å²) in [6.07, 6.45) is 0.0694. The second kappa shape index (κ2) is 9.32. The van der Waals surface area contributed by atoms with Gasteiger partial charge in [-0.05, 0) is 42.8 Å². The van der Waals surface area contributed by atoms with Gasteiger partial charge in [0.2, 0.25) is 0 Å². The van der Waals surface area contributed by atoms with E-state index in [2.05, 4.69) is 5.32 Å². The molecule has 0 bridgehead atoms. The molecule has 1 N–H and O–H groups in total. The fraction of sp³-hybridized carbons (Fsp3) is 0.346. The summed E-state index contributed by atoms with van der Waals surface area (Å²) in [5.41, 5.74) is 0.896. The Balaban J connectivity index is 1.57. The Labute approximate surface area is 212 Å². The molecule has 0 radical (unpaired) electrons. The van der Waals surface area contributed by atoms with Crippen molar-refractivity contribution >= 4 is 35.3 Å². The molecule has 0 unspecified atom stereocenters. The maximum Gasteiger partial charge on any atom is 0.322 e. The summed E-state index contributed by atoms with van der Waals surface area (Å²) < 4.78 is 15.1. The molecule has 0 aromatic heterocycles. The van der Waals surface area contributed by atoms with Crippen molar-refractivity contribution in [2.75, 3.05) is 26.2 Å². The van der Waals surface area contributed by atoms with Crippen LogP contribution >= 0.6 is 0 Å². The first-order valence-electron chi connectivity index (χ1n) is 11.7. The minimum Gasteiger partial charge on any atom is -0.497 e. The zero-order chi connectivity index (χ0) is 26.4. The Bertz CT molecular complexity index is 1260. The third-order valence-corrected chi connectivity index (χ3v) is 7.24. The number of amides is 3. The van der Waals surface area contributed by atoms with Gasteiger partial charge >= 0.3 is 11.9 Å². The predicted molar refractivity (Wildman–Crippen MR) is 128 cm³/mol. The Morgan fingerprint density at radius 3 is 1.97 bits per heavy atom. The molecule has 2 saturated heterocycles. The number of esters is 2. The lowest BCUT2D eigenvalue weighted by molar-refractivity contribution is -0.147. The molecule has 3 heterocycles. The summed E-state index contributed by atoms with van der Waals surface area (Å²) in [5, 5.41) is 3.11. The molecular weight excluding hydrogens is 482 g/mol. The molecule has 3 aliphatic rings. The van der Waals surface area contributed by atoms with Crippen LogP contribution in [0.15, 0.2) is 48.5 Å². The zero-order valence-corrected chi connectivity index (χ0v) is 20.4. The normalized spacial score (nSPS) is 26.6. The van der Waals surface area contributed by atoms with Gasteiger partial charge in [0.05, 0.1) is 44.4 Å². The van der Waals surface area contributed by atoms with Crippen molar-refractivity contribution in [2.24, 2.45) is 5.92 Å². The molecule has 37 heavy (non-hydrogen) atoms. The molecule has 5 atom stereocenters. The standard InChI is InChI=1S/C26H25N3O8/c1-35-14-10-8-13(9-11-14)28-20(19-17(25(33)36-2)12-18(27-19)26(34)37-3)21(24(28)32)29-22(30)15-6-4-5-7-16(15)23(29)31/h4-11,17-21,27H,12H2,1-3H3/t17-,18-,19+,20-,21+/m0/s1. The molecule has 0 aliphatic carbocycles. The van der Waals surface area contributed by atoms with Crippen LogP contribution in [0.2, 0.25) is 0 Å². The number of methoxy groups -OCH3 is 3. The molecule has 2 fully saturated rings. The third-order valence-electron chi connectivity index (χ3n) is 7.24. The van der Waals surface area contributed by atoms with E-state index in [0.29, 0.717) is 11.4 Å². The molecule has 11 nitrogen and oxygen atoms in total. The Hall–Kier alpha value is -4.25. The number of imide groups is 1. The molecule has 0 saturated carbocycles. The number of nitrogens with zero attached hydrogens (tertiary/aromatic N) is 2. The quantitative estimate of drug-likeness (QED) is 0.342. The maximum absolute atomic E-state index is 13.6. The highest BCUT2D eigenvalue weighted by Gasteiger charge is 2.62. The highest BCUT2D eigenvalue weighted by Crippen LogP contribution is 2.41.